The van der Waals surface area contributed by atoms with Crippen LogP contribution in [-0.2, 0) is 32.7 Å². The lowest BCUT2D eigenvalue weighted by Gasteiger charge is -2.20. The number of phosphoric acid groups is 1. The molecule has 0 aromatic rings. The predicted molar refractivity (Wildman–Crippen MR) is 233 cm³/mol. The molecule has 0 saturated heterocycles. The lowest BCUT2D eigenvalue weighted by molar-refractivity contribution is -0.161. The molecule has 0 fully saturated rings. The van der Waals surface area contributed by atoms with Gasteiger partial charge in [-0.2, -0.15) is 0 Å². The van der Waals surface area contributed by atoms with Gasteiger partial charge in [0.25, 0.3) is 0 Å². The fourth-order valence-corrected chi connectivity index (χ4v) is 6.53. The third kappa shape index (κ3) is 41.6. The van der Waals surface area contributed by atoms with E-state index in [-0.39, 0.29) is 19.4 Å². The van der Waals surface area contributed by atoms with Crippen LogP contribution in [0.4, 0.5) is 0 Å². The maximum atomic E-state index is 12.6. The van der Waals surface area contributed by atoms with Crippen LogP contribution in [0.2, 0.25) is 0 Å². The van der Waals surface area contributed by atoms with E-state index in [1.807, 2.05) is 12.2 Å². The molecule has 11 heteroatoms. The minimum Gasteiger partial charge on any atom is -0.462 e. The van der Waals surface area contributed by atoms with Gasteiger partial charge >= 0.3 is 19.8 Å². The largest absolute Gasteiger partial charge is 0.472 e. The monoisotopic (exact) mass is 825 g/mol. The Hall–Kier alpha value is -2.33. The van der Waals surface area contributed by atoms with E-state index in [2.05, 4.69) is 67.0 Å². The predicted octanol–water partition coefficient (Wildman–Crippen LogP) is 11.9. The highest BCUT2D eigenvalue weighted by molar-refractivity contribution is 7.47. The van der Waals surface area contributed by atoms with Crippen molar-refractivity contribution in [1.82, 2.24) is 0 Å². The Labute approximate surface area is 346 Å². The van der Waals surface area contributed by atoms with Crippen LogP contribution >= 0.6 is 7.82 Å². The van der Waals surface area contributed by atoms with Gasteiger partial charge in [-0.3, -0.25) is 18.6 Å². The normalized spacial score (nSPS) is 14.4. The zero-order valence-corrected chi connectivity index (χ0v) is 36.7. The van der Waals surface area contributed by atoms with Crippen molar-refractivity contribution in [2.75, 3.05) is 26.4 Å². The average Bonchev–Trinajstić information content (AvgIpc) is 3.20. The first-order chi connectivity index (χ1) is 27.7. The van der Waals surface area contributed by atoms with Crippen LogP contribution in [0.25, 0.3) is 0 Å². The van der Waals surface area contributed by atoms with Gasteiger partial charge in [0, 0.05) is 12.8 Å². The molecule has 0 aromatic carbocycles. The van der Waals surface area contributed by atoms with E-state index in [0.29, 0.717) is 12.8 Å². The summed E-state index contributed by atoms with van der Waals surface area (Å²) < 4.78 is 32.6. The molecule has 3 N–H and O–H groups in total. The first-order valence-electron chi connectivity index (χ1n) is 22.2. The number of unbranched alkanes of at least 4 members (excludes halogenated alkanes) is 17. The number of aliphatic hydroxyl groups excluding tert-OH is 2. The van der Waals surface area contributed by atoms with Crippen molar-refractivity contribution in [3.63, 3.8) is 0 Å². The topological polar surface area (TPSA) is 149 Å². The van der Waals surface area contributed by atoms with Crippen LogP contribution in [0.15, 0.2) is 60.8 Å². The van der Waals surface area contributed by atoms with Crippen molar-refractivity contribution in [2.45, 2.75) is 193 Å². The van der Waals surface area contributed by atoms with Crippen LogP contribution in [0, 0.1) is 0 Å². The molecule has 0 amide bonds. The summed E-state index contributed by atoms with van der Waals surface area (Å²) in [5.41, 5.74) is 0. The van der Waals surface area contributed by atoms with E-state index in [9.17, 15) is 24.2 Å². The molecule has 0 radical (unpaired) electrons. The zero-order chi connectivity index (χ0) is 41.9. The van der Waals surface area contributed by atoms with E-state index in [0.717, 1.165) is 44.9 Å². The van der Waals surface area contributed by atoms with Crippen LogP contribution in [-0.4, -0.2) is 65.7 Å². The van der Waals surface area contributed by atoms with Crippen LogP contribution in [0.5, 0.6) is 0 Å². The Balaban J connectivity index is 4.41. The molecule has 330 valence electrons. The first kappa shape index (κ1) is 54.7. The van der Waals surface area contributed by atoms with Gasteiger partial charge in [-0.1, -0.05) is 177 Å². The number of esters is 2. The lowest BCUT2D eigenvalue weighted by Crippen LogP contribution is -2.29. The lowest BCUT2D eigenvalue weighted by atomic mass is 10.0. The molecule has 0 aliphatic carbocycles. The summed E-state index contributed by atoms with van der Waals surface area (Å²) >= 11 is 0. The second kappa shape index (κ2) is 41.8. The molecular formula is C46H81O10P. The molecule has 0 heterocycles. The highest BCUT2D eigenvalue weighted by Gasteiger charge is 2.27. The number of rotatable bonds is 41. The van der Waals surface area contributed by atoms with Gasteiger partial charge in [0.2, 0.25) is 0 Å². The Bertz CT molecular complexity index is 1130. The highest BCUT2D eigenvalue weighted by atomic mass is 31.2. The molecule has 0 saturated carbocycles. The number of ether oxygens (including phenoxy) is 2. The van der Waals surface area contributed by atoms with E-state index >= 15 is 0 Å². The van der Waals surface area contributed by atoms with Gasteiger partial charge in [-0.05, 0) is 51.4 Å². The summed E-state index contributed by atoms with van der Waals surface area (Å²) in [7, 11) is -4.64. The van der Waals surface area contributed by atoms with Crippen molar-refractivity contribution in [1.29, 1.82) is 0 Å². The van der Waals surface area contributed by atoms with Gasteiger partial charge in [-0.15, -0.1) is 0 Å². The number of phosphoric ester groups is 1. The summed E-state index contributed by atoms with van der Waals surface area (Å²) in [5.74, 6) is -1.02. The van der Waals surface area contributed by atoms with Crippen molar-refractivity contribution < 1.29 is 47.8 Å². The summed E-state index contributed by atoms with van der Waals surface area (Å²) in [6.07, 6.45) is 46.3. The Morgan fingerprint density at radius 2 is 0.947 bits per heavy atom. The Kier molecular flexibility index (Phi) is 40.1. The Morgan fingerprint density at radius 1 is 0.526 bits per heavy atom. The minimum atomic E-state index is -4.64. The molecule has 0 spiro atoms. The number of hydrogen-bond acceptors (Lipinski definition) is 9. The van der Waals surface area contributed by atoms with Crippen LogP contribution in [0.1, 0.15) is 181 Å². The third-order valence-electron chi connectivity index (χ3n) is 9.19. The summed E-state index contributed by atoms with van der Waals surface area (Å²) in [4.78, 5) is 35.0. The maximum Gasteiger partial charge on any atom is 0.472 e. The third-order valence-corrected chi connectivity index (χ3v) is 10.1. The van der Waals surface area contributed by atoms with Gasteiger partial charge < -0.3 is 24.6 Å². The molecule has 1 unspecified atom stereocenters. The van der Waals surface area contributed by atoms with Crippen molar-refractivity contribution >= 4 is 19.8 Å². The highest BCUT2D eigenvalue weighted by Crippen LogP contribution is 2.43. The van der Waals surface area contributed by atoms with E-state index in [1.165, 1.54) is 96.3 Å². The van der Waals surface area contributed by atoms with Gasteiger partial charge in [0.15, 0.2) is 6.10 Å². The summed E-state index contributed by atoms with van der Waals surface area (Å²) in [5, 5.41) is 18.3. The molecule has 0 aliphatic heterocycles. The number of allylic oxidation sites excluding steroid dienone is 10. The second-order valence-electron chi connectivity index (χ2n) is 14.7. The quantitative estimate of drug-likeness (QED) is 0.0235. The SMILES string of the molecule is CCCCC/C=C\C/C=C\C/C=C\C/C=C\C/C=C\CCC(=O)O[C@H](COC(=O)CCCCCCCCCCCCCCCCC)COP(=O)(O)OC[C@@H](O)CO. The smallest absolute Gasteiger partial charge is 0.462 e. The Morgan fingerprint density at radius 3 is 1.44 bits per heavy atom. The fourth-order valence-electron chi connectivity index (χ4n) is 5.74. The van der Waals surface area contributed by atoms with E-state index < -0.39 is 51.8 Å². The first-order valence-corrected chi connectivity index (χ1v) is 23.7. The van der Waals surface area contributed by atoms with Crippen LogP contribution in [0.3, 0.4) is 0 Å². The molecule has 0 rings (SSSR count). The van der Waals surface area contributed by atoms with Crippen molar-refractivity contribution in [3.8, 4) is 0 Å². The number of carbonyl (C=O) groups excluding carboxylic acids is 2. The fraction of sp³-hybridized carbons (Fsp3) is 0.739. The van der Waals surface area contributed by atoms with Gasteiger partial charge in [0.05, 0.1) is 19.8 Å². The molecule has 57 heavy (non-hydrogen) atoms. The van der Waals surface area contributed by atoms with Crippen molar-refractivity contribution in [2.24, 2.45) is 0 Å². The standard InChI is InChI=1S/C46H81O10P/c1-3-5-7-9-11-13-15-17-19-20-21-22-24-26-28-30-32-34-36-38-46(50)56-44(42-55-57(51,52)54-40-43(48)39-47)41-53-45(49)37-35-33-31-29-27-25-23-18-16-14-12-10-8-6-4-2/h11,13,17,19,21-22,26,28,32,34,43-44,47-48H,3-10,12,14-16,18,20,23-25,27,29-31,33,35-42H2,1-2H3,(H,51,52)/b13-11-,19-17-,22-21-,28-26-,34-32-/t43-,44+/m0/s1. The average molecular weight is 825 g/mol. The van der Waals surface area contributed by atoms with Gasteiger partial charge in [-0.25, -0.2) is 4.57 Å². The molecule has 0 bridgehead atoms. The second-order valence-corrected chi connectivity index (χ2v) is 16.2. The summed E-state index contributed by atoms with van der Waals surface area (Å²) in [6, 6.07) is 0. The molecular weight excluding hydrogens is 743 g/mol. The molecule has 10 nitrogen and oxygen atoms in total. The van der Waals surface area contributed by atoms with E-state index in [4.69, 9.17) is 19.1 Å². The van der Waals surface area contributed by atoms with Crippen molar-refractivity contribution in [3.05, 3.63) is 60.8 Å². The minimum absolute atomic E-state index is 0.0602. The maximum absolute atomic E-state index is 12.6. The summed E-state index contributed by atoms with van der Waals surface area (Å²) in [6.45, 7) is 2.27. The molecule has 0 aliphatic rings. The van der Waals surface area contributed by atoms with E-state index in [1.54, 1.807) is 0 Å². The number of hydrogen-bond donors (Lipinski definition) is 3. The molecule has 0 aromatic heterocycles. The molecule has 3 atom stereocenters. The number of aliphatic hydroxyl groups is 2. The van der Waals surface area contributed by atoms with Gasteiger partial charge in [0.1, 0.15) is 12.7 Å². The number of carbonyl (C=O) groups is 2. The zero-order valence-electron chi connectivity index (χ0n) is 35.8. The van der Waals surface area contributed by atoms with Crippen LogP contribution < -0.4 is 0 Å².